The van der Waals surface area contributed by atoms with Gasteiger partial charge in [-0.1, -0.05) is 6.07 Å². The standard InChI is InChI=1S/C33H34FN9O3/c1-20(2)38-28-15-29(43-11-5-22-13-21(16-35)17-37-31(22)43)36-18-26(28)32(45)39-24-6-9-41(10-7-24)19-23-3-4-25(14-27(23)34)42-12-8-30(44)40-33(42)46/h3-5,11,13-15,17-18,20,24H,6-10,12,19H2,1-2H3,(H,36,38)(H,39,45)(H,40,44,46). The quantitative estimate of drug-likeness (QED) is 0.266. The molecule has 0 radical (unpaired) electrons. The van der Waals surface area contributed by atoms with Crippen LogP contribution in [-0.4, -0.2) is 69.0 Å². The average Bonchev–Trinajstić information content (AvgIpc) is 3.46. The summed E-state index contributed by atoms with van der Waals surface area (Å²) in [5.74, 6) is -0.374. The second-order valence-electron chi connectivity index (χ2n) is 11.9. The smallest absolute Gasteiger partial charge is 0.328 e. The van der Waals surface area contributed by atoms with Crippen molar-refractivity contribution >= 4 is 40.3 Å². The summed E-state index contributed by atoms with van der Waals surface area (Å²) in [6.45, 7) is 5.97. The van der Waals surface area contributed by atoms with Gasteiger partial charge < -0.3 is 10.6 Å². The van der Waals surface area contributed by atoms with Gasteiger partial charge in [0.15, 0.2) is 0 Å². The Labute approximate surface area is 265 Å². The summed E-state index contributed by atoms with van der Waals surface area (Å²) in [7, 11) is 0. The molecule has 0 bridgehead atoms. The van der Waals surface area contributed by atoms with Gasteiger partial charge in [-0.15, -0.1) is 0 Å². The summed E-state index contributed by atoms with van der Waals surface area (Å²) in [6.07, 6.45) is 6.51. The number of rotatable bonds is 8. The first-order valence-electron chi connectivity index (χ1n) is 15.3. The Bertz CT molecular complexity index is 1860. The predicted molar refractivity (Wildman–Crippen MR) is 170 cm³/mol. The second-order valence-corrected chi connectivity index (χ2v) is 11.9. The van der Waals surface area contributed by atoms with Crippen LogP contribution < -0.4 is 20.9 Å². The van der Waals surface area contributed by atoms with Crippen LogP contribution in [0.15, 0.2) is 55.0 Å². The third-order valence-electron chi connectivity index (χ3n) is 8.20. The molecular weight excluding hydrogens is 589 g/mol. The van der Waals surface area contributed by atoms with Crippen LogP contribution in [0.4, 0.5) is 20.6 Å². The van der Waals surface area contributed by atoms with E-state index in [1.807, 2.05) is 36.7 Å². The van der Waals surface area contributed by atoms with Crippen molar-refractivity contribution in [1.82, 2.24) is 30.1 Å². The number of imide groups is 1. The van der Waals surface area contributed by atoms with Gasteiger partial charge in [0.1, 0.15) is 23.4 Å². The van der Waals surface area contributed by atoms with Gasteiger partial charge in [-0.2, -0.15) is 5.26 Å². The number of amides is 4. The van der Waals surface area contributed by atoms with E-state index in [0.29, 0.717) is 72.0 Å². The topological polar surface area (TPSA) is 148 Å². The van der Waals surface area contributed by atoms with E-state index in [1.54, 1.807) is 24.4 Å². The Morgan fingerprint density at radius 1 is 1.11 bits per heavy atom. The maximum atomic E-state index is 15.0. The van der Waals surface area contributed by atoms with Crippen LogP contribution in [-0.2, 0) is 11.3 Å². The molecule has 2 fully saturated rings. The molecule has 12 nitrogen and oxygen atoms in total. The van der Waals surface area contributed by atoms with Crippen molar-refractivity contribution in [1.29, 1.82) is 5.26 Å². The fourth-order valence-corrected chi connectivity index (χ4v) is 5.84. The van der Waals surface area contributed by atoms with E-state index < -0.39 is 11.8 Å². The van der Waals surface area contributed by atoms with Crippen molar-refractivity contribution in [2.24, 2.45) is 0 Å². The molecule has 0 aliphatic carbocycles. The van der Waals surface area contributed by atoms with Gasteiger partial charge in [0.25, 0.3) is 5.91 Å². The summed E-state index contributed by atoms with van der Waals surface area (Å²) in [5, 5.41) is 18.8. The second kappa shape index (κ2) is 12.9. The van der Waals surface area contributed by atoms with Crippen LogP contribution in [0.1, 0.15) is 54.6 Å². The number of anilines is 2. The van der Waals surface area contributed by atoms with Crippen LogP contribution in [0.2, 0.25) is 0 Å². The number of nitriles is 1. The molecule has 4 aromatic rings. The van der Waals surface area contributed by atoms with Crippen molar-refractivity contribution in [3.05, 3.63) is 77.5 Å². The predicted octanol–water partition coefficient (Wildman–Crippen LogP) is 4.09. The number of pyridine rings is 2. The number of aromatic nitrogens is 3. The summed E-state index contributed by atoms with van der Waals surface area (Å²) < 4.78 is 16.8. The molecule has 3 N–H and O–H groups in total. The summed E-state index contributed by atoms with van der Waals surface area (Å²) >= 11 is 0. The van der Waals surface area contributed by atoms with Gasteiger partial charge in [0, 0.05) is 86.0 Å². The van der Waals surface area contributed by atoms with Gasteiger partial charge >= 0.3 is 6.03 Å². The molecular formula is C33H34FN9O3. The average molecular weight is 624 g/mol. The van der Waals surface area contributed by atoms with E-state index in [9.17, 15) is 19.6 Å². The Morgan fingerprint density at radius 2 is 1.91 bits per heavy atom. The van der Waals surface area contributed by atoms with Crippen molar-refractivity contribution in [3.63, 3.8) is 0 Å². The Kier molecular flexibility index (Phi) is 8.63. The molecule has 0 spiro atoms. The highest BCUT2D eigenvalue weighted by Gasteiger charge is 2.26. The number of carbonyl (C=O) groups is 3. The third kappa shape index (κ3) is 6.52. The lowest BCUT2D eigenvalue weighted by Crippen LogP contribution is -2.49. The molecule has 1 aromatic carbocycles. The van der Waals surface area contributed by atoms with Crippen LogP contribution in [0, 0.1) is 17.1 Å². The highest BCUT2D eigenvalue weighted by molar-refractivity contribution is 6.05. The van der Waals surface area contributed by atoms with Gasteiger partial charge in [0.2, 0.25) is 5.91 Å². The van der Waals surface area contributed by atoms with E-state index >= 15 is 4.39 Å². The van der Waals surface area contributed by atoms with E-state index in [0.717, 1.165) is 5.39 Å². The summed E-state index contributed by atoms with van der Waals surface area (Å²) in [5.41, 5.74) is 3.15. The first-order chi connectivity index (χ1) is 22.2. The molecule has 0 atom stereocenters. The number of hydrogen-bond donors (Lipinski definition) is 3. The van der Waals surface area contributed by atoms with E-state index in [2.05, 4.69) is 36.9 Å². The van der Waals surface area contributed by atoms with Gasteiger partial charge in [-0.05, 0) is 51.0 Å². The molecule has 0 saturated carbocycles. The van der Waals surface area contributed by atoms with Crippen LogP contribution in [0.5, 0.6) is 0 Å². The lowest BCUT2D eigenvalue weighted by atomic mass is 10.0. The van der Waals surface area contributed by atoms with Crippen LogP contribution >= 0.6 is 0 Å². The van der Waals surface area contributed by atoms with E-state index in [1.165, 1.54) is 17.2 Å². The zero-order chi connectivity index (χ0) is 32.4. The van der Waals surface area contributed by atoms with Gasteiger partial charge in [0.05, 0.1) is 16.8 Å². The number of benzene rings is 1. The largest absolute Gasteiger partial charge is 0.382 e. The normalized spacial score (nSPS) is 16.0. The number of hydrogen-bond acceptors (Lipinski definition) is 8. The molecule has 0 unspecified atom stereocenters. The number of fused-ring (bicyclic) bond motifs is 1. The number of nitrogens with one attached hydrogen (secondary N) is 3. The van der Waals surface area contributed by atoms with Crippen molar-refractivity contribution < 1.29 is 18.8 Å². The monoisotopic (exact) mass is 623 g/mol. The minimum Gasteiger partial charge on any atom is -0.382 e. The van der Waals surface area contributed by atoms with Crippen LogP contribution in [0.25, 0.3) is 16.9 Å². The number of carbonyl (C=O) groups excluding carboxylic acids is 3. The number of halogens is 1. The van der Waals surface area contributed by atoms with Crippen molar-refractivity contribution in [2.75, 3.05) is 29.9 Å². The van der Waals surface area contributed by atoms with Crippen molar-refractivity contribution in [3.8, 4) is 11.9 Å². The Hall–Kier alpha value is -5.35. The molecule has 236 valence electrons. The van der Waals surface area contributed by atoms with Gasteiger partial charge in [-0.25, -0.2) is 19.2 Å². The molecule has 3 aromatic heterocycles. The molecule has 2 saturated heterocycles. The SMILES string of the molecule is CC(C)Nc1cc(-n2ccc3cc(C#N)cnc32)ncc1C(=O)NC1CCN(Cc2ccc(N3CCC(=O)NC3=O)cc2F)CC1. The number of urea groups is 1. The lowest BCUT2D eigenvalue weighted by Gasteiger charge is -2.33. The Morgan fingerprint density at radius 3 is 2.63 bits per heavy atom. The Balaban J connectivity index is 1.08. The zero-order valence-corrected chi connectivity index (χ0v) is 25.6. The zero-order valence-electron chi connectivity index (χ0n) is 25.6. The molecule has 5 heterocycles. The minimum atomic E-state index is -0.547. The number of likely N-dealkylation sites (tertiary alicyclic amines) is 1. The maximum absolute atomic E-state index is 15.0. The molecule has 4 amide bonds. The van der Waals surface area contributed by atoms with Gasteiger partial charge in [-0.3, -0.25) is 29.3 Å². The summed E-state index contributed by atoms with van der Waals surface area (Å²) in [4.78, 5) is 49.5. The molecule has 46 heavy (non-hydrogen) atoms. The molecule has 13 heteroatoms. The first kappa shape index (κ1) is 30.7. The molecule has 6 rings (SSSR count). The molecule has 2 aliphatic rings. The fraction of sp³-hybridized carbons (Fsp3) is 0.333. The summed E-state index contributed by atoms with van der Waals surface area (Å²) in [6, 6.07) is 11.8. The highest BCUT2D eigenvalue weighted by Crippen LogP contribution is 2.25. The van der Waals surface area contributed by atoms with E-state index in [-0.39, 0.29) is 36.9 Å². The fourth-order valence-electron chi connectivity index (χ4n) is 5.84. The minimum absolute atomic E-state index is 0.0465. The number of nitrogens with zero attached hydrogens (tertiary/aromatic N) is 6. The van der Waals surface area contributed by atoms with Crippen LogP contribution in [0.3, 0.4) is 0 Å². The number of piperidine rings is 1. The lowest BCUT2D eigenvalue weighted by molar-refractivity contribution is -0.120. The van der Waals surface area contributed by atoms with E-state index in [4.69, 9.17) is 0 Å². The highest BCUT2D eigenvalue weighted by atomic mass is 19.1. The molecule has 2 aliphatic heterocycles. The third-order valence-corrected chi connectivity index (χ3v) is 8.20. The first-order valence-corrected chi connectivity index (χ1v) is 15.3. The maximum Gasteiger partial charge on any atom is 0.328 e. The van der Waals surface area contributed by atoms with Crippen molar-refractivity contribution in [2.45, 2.75) is 51.7 Å².